The Morgan fingerprint density at radius 2 is 1.94 bits per heavy atom. The van der Waals surface area contributed by atoms with Gasteiger partial charge in [0.05, 0.1) is 15.1 Å². The molecule has 0 saturated heterocycles. The van der Waals surface area contributed by atoms with Gasteiger partial charge in [-0.15, -0.1) is 0 Å². The molecular formula is C11H13Cl3N2O2. The lowest BCUT2D eigenvalue weighted by Gasteiger charge is -2.13. The molecule has 7 heteroatoms. The second-order valence-electron chi connectivity index (χ2n) is 3.69. The second-order valence-corrected chi connectivity index (χ2v) is 4.91. The molecule has 0 radical (unpaired) electrons. The largest absolute Gasteiger partial charge is 0.482 e. The highest BCUT2D eigenvalue weighted by Crippen LogP contribution is 2.33. The number of benzene rings is 1. The fourth-order valence-corrected chi connectivity index (χ4v) is 1.73. The molecule has 0 aromatic heterocycles. The van der Waals surface area contributed by atoms with Crippen LogP contribution in [0.25, 0.3) is 0 Å². The summed E-state index contributed by atoms with van der Waals surface area (Å²) >= 11 is 17.5. The lowest BCUT2D eigenvalue weighted by atomic mass is 10.3. The SMILES string of the molecule is C[C@@H](CN)NC(=O)COc1cc(Cl)c(Cl)cc1Cl. The van der Waals surface area contributed by atoms with Gasteiger partial charge in [-0.05, 0) is 13.0 Å². The number of nitrogens with two attached hydrogens (primary N) is 1. The number of nitrogens with one attached hydrogen (secondary N) is 1. The van der Waals surface area contributed by atoms with Crippen LogP contribution >= 0.6 is 34.8 Å². The van der Waals surface area contributed by atoms with E-state index in [1.165, 1.54) is 12.1 Å². The first-order valence-electron chi connectivity index (χ1n) is 5.20. The number of hydrogen-bond acceptors (Lipinski definition) is 3. The van der Waals surface area contributed by atoms with Gasteiger partial charge in [-0.1, -0.05) is 34.8 Å². The first kappa shape index (κ1) is 15.4. The maximum Gasteiger partial charge on any atom is 0.258 e. The van der Waals surface area contributed by atoms with E-state index >= 15 is 0 Å². The summed E-state index contributed by atoms with van der Waals surface area (Å²) in [5.74, 6) is 0.0247. The molecular weight excluding hydrogens is 298 g/mol. The molecule has 18 heavy (non-hydrogen) atoms. The highest BCUT2D eigenvalue weighted by molar-refractivity contribution is 6.43. The number of ether oxygens (including phenoxy) is 1. The summed E-state index contributed by atoms with van der Waals surface area (Å²) in [6, 6.07) is 2.82. The molecule has 0 aliphatic heterocycles. The lowest BCUT2D eigenvalue weighted by Crippen LogP contribution is -2.40. The van der Waals surface area contributed by atoms with Crippen molar-refractivity contribution in [3.63, 3.8) is 0 Å². The van der Waals surface area contributed by atoms with E-state index in [9.17, 15) is 4.79 Å². The molecule has 1 rings (SSSR count). The Morgan fingerprint density at radius 3 is 2.56 bits per heavy atom. The summed E-state index contributed by atoms with van der Waals surface area (Å²) in [5.41, 5.74) is 5.38. The number of hydrogen-bond donors (Lipinski definition) is 2. The number of amides is 1. The van der Waals surface area contributed by atoms with Crippen LogP contribution in [-0.4, -0.2) is 25.1 Å². The molecule has 0 spiro atoms. The average Bonchev–Trinajstić information content (AvgIpc) is 2.32. The van der Waals surface area contributed by atoms with Gasteiger partial charge < -0.3 is 15.8 Å². The monoisotopic (exact) mass is 310 g/mol. The Kier molecular flexibility index (Phi) is 6.02. The van der Waals surface area contributed by atoms with E-state index in [1.54, 1.807) is 6.92 Å². The van der Waals surface area contributed by atoms with Crippen LogP contribution in [0.1, 0.15) is 6.92 Å². The highest BCUT2D eigenvalue weighted by atomic mass is 35.5. The molecule has 0 unspecified atom stereocenters. The summed E-state index contributed by atoms with van der Waals surface area (Å²) in [6.45, 7) is 1.99. The van der Waals surface area contributed by atoms with Gasteiger partial charge in [-0.3, -0.25) is 4.79 Å². The van der Waals surface area contributed by atoms with Crippen LogP contribution in [0.3, 0.4) is 0 Å². The quantitative estimate of drug-likeness (QED) is 0.821. The topological polar surface area (TPSA) is 64.3 Å². The molecule has 0 aliphatic rings. The molecule has 1 amide bonds. The van der Waals surface area contributed by atoms with Gasteiger partial charge in [0.2, 0.25) is 0 Å². The zero-order chi connectivity index (χ0) is 13.7. The fourth-order valence-electron chi connectivity index (χ4n) is 1.13. The maximum absolute atomic E-state index is 11.5. The van der Waals surface area contributed by atoms with Gasteiger partial charge in [-0.25, -0.2) is 0 Å². The van der Waals surface area contributed by atoms with Gasteiger partial charge in [0.15, 0.2) is 6.61 Å². The van der Waals surface area contributed by atoms with Crippen molar-refractivity contribution in [2.45, 2.75) is 13.0 Å². The summed E-state index contributed by atoms with van der Waals surface area (Å²) in [6.07, 6.45) is 0. The first-order valence-corrected chi connectivity index (χ1v) is 6.34. The standard InChI is InChI=1S/C11H13Cl3N2O2/c1-6(4-15)16-11(17)5-18-10-3-8(13)7(12)2-9(10)14/h2-3,6H,4-5,15H2,1H3,(H,16,17)/t6-/m0/s1. The van der Waals surface area contributed by atoms with Crippen LogP contribution in [0.15, 0.2) is 12.1 Å². The fraction of sp³-hybridized carbons (Fsp3) is 0.364. The van der Waals surface area contributed by atoms with Crippen LogP contribution in [-0.2, 0) is 4.79 Å². The normalized spacial score (nSPS) is 12.1. The van der Waals surface area contributed by atoms with E-state index < -0.39 is 0 Å². The molecule has 1 aromatic rings. The van der Waals surface area contributed by atoms with E-state index in [2.05, 4.69) is 5.32 Å². The molecule has 1 aromatic carbocycles. The summed E-state index contributed by atoms with van der Waals surface area (Å²) in [5, 5.41) is 3.59. The minimum atomic E-state index is -0.282. The number of carbonyl (C=O) groups is 1. The first-order chi connectivity index (χ1) is 8.43. The summed E-state index contributed by atoms with van der Waals surface area (Å²) < 4.78 is 5.25. The van der Waals surface area contributed by atoms with Gasteiger partial charge in [0.1, 0.15) is 5.75 Å². The molecule has 3 N–H and O–H groups in total. The predicted molar refractivity (Wildman–Crippen MR) is 73.6 cm³/mol. The molecule has 0 bridgehead atoms. The van der Waals surface area contributed by atoms with Crippen LogP contribution < -0.4 is 15.8 Å². The Labute approximate surface area is 120 Å². The molecule has 4 nitrogen and oxygen atoms in total. The van der Waals surface area contributed by atoms with Crippen LogP contribution in [0.4, 0.5) is 0 Å². The minimum absolute atomic E-state index is 0.106. The second kappa shape index (κ2) is 7.04. The number of rotatable bonds is 5. The van der Waals surface area contributed by atoms with E-state index in [-0.39, 0.29) is 18.6 Å². The van der Waals surface area contributed by atoms with Crippen molar-refractivity contribution in [2.24, 2.45) is 5.73 Å². The van der Waals surface area contributed by atoms with Crippen molar-refractivity contribution >= 4 is 40.7 Å². The number of halogens is 3. The van der Waals surface area contributed by atoms with Crippen molar-refractivity contribution in [1.82, 2.24) is 5.32 Å². The van der Waals surface area contributed by atoms with Crippen molar-refractivity contribution < 1.29 is 9.53 Å². The molecule has 0 saturated carbocycles. The Bertz CT molecular complexity index is 441. The van der Waals surface area contributed by atoms with E-state index in [1.807, 2.05) is 0 Å². The molecule has 0 heterocycles. The van der Waals surface area contributed by atoms with E-state index in [0.717, 1.165) is 0 Å². The smallest absolute Gasteiger partial charge is 0.258 e. The maximum atomic E-state index is 11.5. The lowest BCUT2D eigenvalue weighted by molar-refractivity contribution is -0.123. The zero-order valence-electron chi connectivity index (χ0n) is 9.67. The van der Waals surface area contributed by atoms with Crippen molar-refractivity contribution in [3.05, 3.63) is 27.2 Å². The van der Waals surface area contributed by atoms with Gasteiger partial charge >= 0.3 is 0 Å². The third-order valence-corrected chi connectivity index (χ3v) is 3.11. The third kappa shape index (κ3) is 4.53. The summed E-state index contributed by atoms with van der Waals surface area (Å²) in [4.78, 5) is 11.5. The Morgan fingerprint density at radius 1 is 1.33 bits per heavy atom. The predicted octanol–water partition coefficient (Wildman–Crippen LogP) is 2.49. The zero-order valence-corrected chi connectivity index (χ0v) is 11.9. The summed E-state index contributed by atoms with van der Waals surface area (Å²) in [7, 11) is 0. The van der Waals surface area contributed by atoms with E-state index in [4.69, 9.17) is 45.3 Å². The molecule has 0 fully saturated rings. The van der Waals surface area contributed by atoms with Crippen molar-refractivity contribution in [1.29, 1.82) is 0 Å². The van der Waals surface area contributed by atoms with Crippen molar-refractivity contribution in [3.8, 4) is 5.75 Å². The highest BCUT2D eigenvalue weighted by Gasteiger charge is 2.10. The van der Waals surface area contributed by atoms with Crippen LogP contribution in [0.2, 0.25) is 15.1 Å². The van der Waals surface area contributed by atoms with Gasteiger partial charge in [-0.2, -0.15) is 0 Å². The molecule has 1 atom stereocenters. The van der Waals surface area contributed by atoms with Gasteiger partial charge in [0, 0.05) is 18.7 Å². The van der Waals surface area contributed by atoms with Crippen LogP contribution in [0, 0.1) is 0 Å². The Balaban J connectivity index is 2.58. The number of carbonyl (C=O) groups excluding carboxylic acids is 1. The average molecular weight is 312 g/mol. The van der Waals surface area contributed by atoms with Crippen molar-refractivity contribution in [2.75, 3.05) is 13.2 Å². The van der Waals surface area contributed by atoms with Crippen LogP contribution in [0.5, 0.6) is 5.75 Å². The third-order valence-electron chi connectivity index (χ3n) is 2.09. The van der Waals surface area contributed by atoms with Gasteiger partial charge in [0.25, 0.3) is 5.91 Å². The minimum Gasteiger partial charge on any atom is -0.482 e. The van der Waals surface area contributed by atoms with E-state index in [0.29, 0.717) is 27.4 Å². The Hall–Kier alpha value is -0.680. The molecule has 100 valence electrons. The molecule has 0 aliphatic carbocycles.